The SMILES string of the molecule is CC1(C)c2ccccc2-c2c(-c3cccc(N(c4cccc(-c5cccc6c5-c5ccccc5C6(C)C)c4)c4ccc5c(c4)C(c4ccccc4)(c4ccccc4)c4ccccc4-5)c3)cccc21. The van der Waals surface area contributed by atoms with E-state index in [0.29, 0.717) is 0 Å². The summed E-state index contributed by atoms with van der Waals surface area (Å²) in [5, 5.41) is 0. The van der Waals surface area contributed by atoms with Crippen molar-refractivity contribution in [2.24, 2.45) is 0 Å². The van der Waals surface area contributed by atoms with Crippen molar-refractivity contribution in [3.05, 3.63) is 281 Å². The molecule has 68 heavy (non-hydrogen) atoms. The second-order valence-electron chi connectivity index (χ2n) is 20.0. The molecule has 0 saturated carbocycles. The summed E-state index contributed by atoms with van der Waals surface area (Å²) in [5.74, 6) is 0. The number of fused-ring (bicyclic) bond motifs is 9. The van der Waals surface area contributed by atoms with Crippen LogP contribution < -0.4 is 4.90 Å². The van der Waals surface area contributed by atoms with Crippen molar-refractivity contribution in [2.45, 2.75) is 43.9 Å². The monoisotopic (exact) mass is 869 g/mol. The molecule has 3 aliphatic rings. The summed E-state index contributed by atoms with van der Waals surface area (Å²) in [6.07, 6.45) is 0. The number of hydrogen-bond acceptors (Lipinski definition) is 1. The van der Waals surface area contributed by atoms with E-state index in [1.807, 2.05) is 0 Å². The van der Waals surface area contributed by atoms with Crippen LogP contribution in [0.3, 0.4) is 0 Å². The van der Waals surface area contributed by atoms with Gasteiger partial charge in [-0.05, 0) is 137 Å². The standard InChI is InChI=1S/C67H51N/c1-65(2)57-34-14-12-30-55(57)63-51(32-19-37-60(63)65)44-21-17-27-48(41-44)68(49-28-18-22-45(42-49)52-33-20-38-61-64(52)56-31-13-15-35-58(56)66(61,3)4)50-39-40-54-53-29-11-16-36-59(53)67(62(54)43-50,46-23-7-5-8-24-46)47-25-9-6-10-26-47/h5-43H,1-4H3. The van der Waals surface area contributed by atoms with E-state index in [1.54, 1.807) is 0 Å². The molecular weight excluding hydrogens is 819 g/mol. The molecule has 0 spiro atoms. The lowest BCUT2D eigenvalue weighted by atomic mass is 9.67. The number of benzene rings is 10. The first-order chi connectivity index (χ1) is 33.3. The average Bonchev–Trinajstić information content (AvgIpc) is 3.92. The van der Waals surface area contributed by atoms with Crippen LogP contribution in [0, 0.1) is 0 Å². The smallest absolute Gasteiger partial charge is 0.0714 e. The molecule has 0 aromatic heterocycles. The molecule has 0 heterocycles. The summed E-state index contributed by atoms with van der Waals surface area (Å²) < 4.78 is 0. The molecule has 0 aliphatic heterocycles. The van der Waals surface area contributed by atoms with Crippen LogP contribution in [0.4, 0.5) is 17.1 Å². The summed E-state index contributed by atoms with van der Waals surface area (Å²) in [5.41, 5.74) is 26.0. The highest BCUT2D eigenvalue weighted by atomic mass is 15.1. The Morgan fingerprint density at radius 2 is 0.647 bits per heavy atom. The summed E-state index contributed by atoms with van der Waals surface area (Å²) >= 11 is 0. The van der Waals surface area contributed by atoms with Gasteiger partial charge in [-0.2, -0.15) is 0 Å². The Hall–Kier alpha value is -8.00. The third-order valence-electron chi connectivity index (χ3n) is 15.7. The first-order valence-electron chi connectivity index (χ1n) is 24.1. The maximum absolute atomic E-state index is 2.50. The molecule has 13 rings (SSSR count). The second kappa shape index (κ2) is 15.0. The Morgan fingerprint density at radius 1 is 0.265 bits per heavy atom. The minimum atomic E-state index is -0.532. The zero-order chi connectivity index (χ0) is 45.8. The zero-order valence-electron chi connectivity index (χ0n) is 39.0. The van der Waals surface area contributed by atoms with Crippen molar-refractivity contribution in [1.29, 1.82) is 0 Å². The topological polar surface area (TPSA) is 3.24 Å². The van der Waals surface area contributed by atoms with Gasteiger partial charge in [0.15, 0.2) is 0 Å². The number of anilines is 3. The quantitative estimate of drug-likeness (QED) is 0.154. The third kappa shape index (κ3) is 5.69. The van der Waals surface area contributed by atoms with Crippen LogP contribution in [0.5, 0.6) is 0 Å². The molecule has 0 bridgehead atoms. The van der Waals surface area contributed by atoms with Crippen LogP contribution >= 0.6 is 0 Å². The van der Waals surface area contributed by atoms with E-state index in [1.165, 1.54) is 100 Å². The molecule has 0 unspecified atom stereocenters. The van der Waals surface area contributed by atoms with E-state index in [0.717, 1.165) is 17.1 Å². The Balaban J connectivity index is 1.05. The lowest BCUT2D eigenvalue weighted by molar-refractivity contribution is 0.660. The summed E-state index contributed by atoms with van der Waals surface area (Å²) in [6.45, 7) is 9.47. The Kier molecular flexibility index (Phi) is 8.89. The molecule has 1 heteroatoms. The Bertz CT molecular complexity index is 3440. The van der Waals surface area contributed by atoms with Gasteiger partial charge in [0.2, 0.25) is 0 Å². The van der Waals surface area contributed by atoms with Gasteiger partial charge >= 0.3 is 0 Å². The molecule has 0 N–H and O–H groups in total. The first-order valence-corrected chi connectivity index (χ1v) is 24.1. The van der Waals surface area contributed by atoms with E-state index < -0.39 is 5.41 Å². The fraction of sp³-hybridized carbons (Fsp3) is 0.104. The molecule has 3 aliphatic carbocycles. The molecule has 0 radical (unpaired) electrons. The summed E-state index contributed by atoms with van der Waals surface area (Å²) in [4.78, 5) is 2.50. The van der Waals surface area contributed by atoms with Crippen molar-refractivity contribution in [1.82, 2.24) is 0 Å². The molecule has 0 atom stereocenters. The van der Waals surface area contributed by atoms with Gasteiger partial charge in [0.05, 0.1) is 5.41 Å². The van der Waals surface area contributed by atoms with Crippen LogP contribution in [0.15, 0.2) is 237 Å². The van der Waals surface area contributed by atoms with Gasteiger partial charge in [0.25, 0.3) is 0 Å². The molecule has 10 aromatic rings. The van der Waals surface area contributed by atoms with Crippen molar-refractivity contribution in [2.75, 3.05) is 4.90 Å². The average molecular weight is 870 g/mol. The molecular formula is C67H51N. The van der Waals surface area contributed by atoms with E-state index in [-0.39, 0.29) is 10.8 Å². The Labute approximate surface area is 400 Å². The summed E-state index contributed by atoms with van der Waals surface area (Å²) in [7, 11) is 0. The molecule has 0 saturated heterocycles. The van der Waals surface area contributed by atoms with E-state index >= 15 is 0 Å². The molecule has 0 fully saturated rings. The minimum absolute atomic E-state index is 0.0919. The largest absolute Gasteiger partial charge is 0.310 e. The van der Waals surface area contributed by atoms with Crippen LogP contribution in [-0.4, -0.2) is 0 Å². The van der Waals surface area contributed by atoms with Crippen molar-refractivity contribution >= 4 is 17.1 Å². The van der Waals surface area contributed by atoms with E-state index in [9.17, 15) is 0 Å². The number of nitrogens with zero attached hydrogens (tertiary/aromatic N) is 1. The summed E-state index contributed by atoms with van der Waals surface area (Å²) in [6, 6.07) is 88.8. The maximum atomic E-state index is 2.50. The van der Waals surface area contributed by atoms with Crippen LogP contribution in [0.25, 0.3) is 55.6 Å². The zero-order valence-corrected chi connectivity index (χ0v) is 39.0. The van der Waals surface area contributed by atoms with Gasteiger partial charge in [-0.1, -0.05) is 228 Å². The molecule has 324 valence electrons. The van der Waals surface area contributed by atoms with Crippen LogP contribution in [-0.2, 0) is 16.2 Å². The molecule has 1 nitrogen and oxygen atoms in total. The number of rotatable bonds is 7. The second-order valence-corrected chi connectivity index (χ2v) is 20.0. The van der Waals surface area contributed by atoms with Crippen molar-refractivity contribution < 1.29 is 0 Å². The highest BCUT2D eigenvalue weighted by Crippen LogP contribution is 2.58. The highest BCUT2D eigenvalue weighted by Gasteiger charge is 2.46. The first kappa shape index (κ1) is 40.3. The minimum Gasteiger partial charge on any atom is -0.310 e. The fourth-order valence-electron chi connectivity index (χ4n) is 12.6. The molecule has 10 aromatic carbocycles. The van der Waals surface area contributed by atoms with Crippen molar-refractivity contribution in [3.63, 3.8) is 0 Å². The Morgan fingerprint density at radius 3 is 1.16 bits per heavy atom. The van der Waals surface area contributed by atoms with E-state index in [2.05, 4.69) is 269 Å². The van der Waals surface area contributed by atoms with Gasteiger partial charge < -0.3 is 4.90 Å². The van der Waals surface area contributed by atoms with Crippen LogP contribution in [0.1, 0.15) is 72.2 Å². The lowest BCUT2D eigenvalue weighted by Gasteiger charge is -2.35. The van der Waals surface area contributed by atoms with Gasteiger partial charge in [-0.25, -0.2) is 0 Å². The normalized spacial score (nSPS) is 14.8. The van der Waals surface area contributed by atoms with Crippen LogP contribution in [0.2, 0.25) is 0 Å². The predicted molar refractivity (Wildman–Crippen MR) is 284 cm³/mol. The fourth-order valence-corrected chi connectivity index (χ4v) is 12.6. The van der Waals surface area contributed by atoms with Gasteiger partial charge in [0, 0.05) is 27.9 Å². The lowest BCUT2D eigenvalue weighted by Crippen LogP contribution is -2.28. The highest BCUT2D eigenvalue weighted by molar-refractivity contribution is 5.96. The molecule has 0 amide bonds. The van der Waals surface area contributed by atoms with E-state index in [4.69, 9.17) is 0 Å². The van der Waals surface area contributed by atoms with Gasteiger partial charge in [-0.15, -0.1) is 0 Å². The van der Waals surface area contributed by atoms with Gasteiger partial charge in [-0.3, -0.25) is 0 Å². The maximum Gasteiger partial charge on any atom is 0.0714 e. The third-order valence-corrected chi connectivity index (χ3v) is 15.7. The van der Waals surface area contributed by atoms with Crippen molar-refractivity contribution in [3.8, 4) is 55.6 Å². The van der Waals surface area contributed by atoms with Gasteiger partial charge in [0.1, 0.15) is 0 Å². The number of hydrogen-bond donors (Lipinski definition) is 0. The predicted octanol–water partition coefficient (Wildman–Crippen LogP) is 17.5.